The summed E-state index contributed by atoms with van der Waals surface area (Å²) < 4.78 is 5.21. The smallest absolute Gasteiger partial charge is 0.341 e. The van der Waals surface area contributed by atoms with Crippen LogP contribution in [0.5, 0.6) is 0 Å². The highest BCUT2D eigenvalue weighted by atomic mass is 35.5. The number of hydrogen-bond acceptors (Lipinski definition) is 4. The van der Waals surface area contributed by atoms with Crippen LogP contribution in [0, 0.1) is 5.92 Å². The number of carbonyl (C=O) groups excluding carboxylic acids is 2. The maximum absolute atomic E-state index is 12.5. The molecule has 3 rings (SSSR count). The number of anilines is 1. The van der Waals surface area contributed by atoms with Crippen LogP contribution < -0.4 is 5.32 Å². The quantitative estimate of drug-likeness (QED) is 0.712. The Bertz CT molecular complexity index is 763. The summed E-state index contributed by atoms with van der Waals surface area (Å²) >= 11 is 7.30. The Hall–Kier alpha value is -1.85. The van der Waals surface area contributed by atoms with E-state index in [4.69, 9.17) is 16.3 Å². The number of amides is 1. The molecule has 1 aromatic heterocycles. The highest BCUT2D eigenvalue weighted by molar-refractivity contribution is 7.15. The Labute approximate surface area is 156 Å². The monoisotopic (exact) mass is 377 g/mol. The van der Waals surface area contributed by atoms with Gasteiger partial charge in [0.05, 0.1) is 6.61 Å². The number of thiophene rings is 1. The summed E-state index contributed by atoms with van der Waals surface area (Å²) in [6, 6.07) is 7.27. The summed E-state index contributed by atoms with van der Waals surface area (Å²) in [6.45, 7) is 2.05. The van der Waals surface area contributed by atoms with Gasteiger partial charge in [0, 0.05) is 21.9 Å². The maximum Gasteiger partial charge on any atom is 0.341 e. The van der Waals surface area contributed by atoms with Gasteiger partial charge < -0.3 is 10.1 Å². The third-order valence-corrected chi connectivity index (χ3v) is 5.54. The molecule has 0 aliphatic heterocycles. The summed E-state index contributed by atoms with van der Waals surface area (Å²) in [4.78, 5) is 25.0. The molecule has 1 fully saturated rings. The molecule has 1 aliphatic rings. The minimum absolute atomic E-state index is 0.00689. The molecular weight excluding hydrogens is 358 g/mol. The molecule has 0 unspecified atom stereocenters. The zero-order valence-corrected chi connectivity index (χ0v) is 15.6. The fourth-order valence-corrected chi connectivity index (χ4v) is 4.19. The van der Waals surface area contributed by atoms with E-state index in [2.05, 4.69) is 5.32 Å². The van der Waals surface area contributed by atoms with Gasteiger partial charge in [-0.2, -0.15) is 0 Å². The van der Waals surface area contributed by atoms with Crippen molar-refractivity contribution in [3.63, 3.8) is 0 Å². The fourth-order valence-electron chi connectivity index (χ4n) is 3.10. The van der Waals surface area contributed by atoms with Gasteiger partial charge in [-0.3, -0.25) is 4.79 Å². The number of benzene rings is 1. The predicted octanol–water partition coefficient (Wildman–Crippen LogP) is 5.37. The number of hydrogen-bond donors (Lipinski definition) is 1. The van der Waals surface area contributed by atoms with E-state index in [1.54, 1.807) is 19.1 Å². The van der Waals surface area contributed by atoms with E-state index in [1.807, 2.05) is 17.5 Å². The Morgan fingerprint density at radius 2 is 1.92 bits per heavy atom. The van der Waals surface area contributed by atoms with Crippen molar-refractivity contribution in [1.82, 2.24) is 0 Å². The zero-order chi connectivity index (χ0) is 17.8. The molecule has 132 valence electrons. The Balaban J connectivity index is 1.93. The van der Waals surface area contributed by atoms with Crippen molar-refractivity contribution < 1.29 is 14.3 Å². The van der Waals surface area contributed by atoms with Crippen LogP contribution >= 0.6 is 22.9 Å². The molecule has 6 heteroatoms. The highest BCUT2D eigenvalue weighted by Gasteiger charge is 2.27. The third-order valence-electron chi connectivity index (χ3n) is 4.39. The van der Waals surface area contributed by atoms with E-state index in [0.717, 1.165) is 36.8 Å². The molecule has 1 saturated carbocycles. The second kappa shape index (κ2) is 8.02. The van der Waals surface area contributed by atoms with Crippen molar-refractivity contribution in [3.05, 3.63) is 40.2 Å². The molecule has 0 atom stereocenters. The lowest BCUT2D eigenvalue weighted by molar-refractivity contribution is -0.119. The van der Waals surface area contributed by atoms with Gasteiger partial charge in [-0.15, -0.1) is 11.3 Å². The molecule has 0 saturated heterocycles. The molecule has 4 nitrogen and oxygen atoms in total. The van der Waals surface area contributed by atoms with Gasteiger partial charge in [0.15, 0.2) is 0 Å². The number of rotatable bonds is 5. The van der Waals surface area contributed by atoms with E-state index in [-0.39, 0.29) is 18.4 Å². The summed E-state index contributed by atoms with van der Waals surface area (Å²) in [5, 5.41) is 6.01. The van der Waals surface area contributed by atoms with Crippen molar-refractivity contribution in [2.75, 3.05) is 11.9 Å². The van der Waals surface area contributed by atoms with Crippen LogP contribution in [-0.2, 0) is 9.53 Å². The highest BCUT2D eigenvalue weighted by Crippen LogP contribution is 2.37. The minimum Gasteiger partial charge on any atom is -0.462 e. The van der Waals surface area contributed by atoms with E-state index < -0.39 is 5.97 Å². The van der Waals surface area contributed by atoms with Crippen molar-refractivity contribution in [2.45, 2.75) is 32.6 Å². The van der Waals surface area contributed by atoms with Gasteiger partial charge in [-0.1, -0.05) is 36.6 Å². The first-order valence-corrected chi connectivity index (χ1v) is 9.71. The molecule has 1 amide bonds. The first-order valence-electron chi connectivity index (χ1n) is 8.45. The van der Waals surface area contributed by atoms with Crippen molar-refractivity contribution in [2.24, 2.45) is 5.92 Å². The molecule has 0 spiro atoms. The summed E-state index contributed by atoms with van der Waals surface area (Å²) in [7, 11) is 0. The lowest BCUT2D eigenvalue weighted by Crippen LogP contribution is -2.21. The lowest BCUT2D eigenvalue weighted by atomic mass is 10.0. The van der Waals surface area contributed by atoms with Crippen LogP contribution in [0.25, 0.3) is 11.1 Å². The second-order valence-corrected chi connectivity index (χ2v) is 7.37. The van der Waals surface area contributed by atoms with Crippen LogP contribution in [0.3, 0.4) is 0 Å². The van der Waals surface area contributed by atoms with E-state index in [1.165, 1.54) is 11.3 Å². The number of esters is 1. The Morgan fingerprint density at radius 3 is 2.56 bits per heavy atom. The van der Waals surface area contributed by atoms with Crippen LogP contribution in [0.2, 0.25) is 5.02 Å². The SMILES string of the molecule is CCOC(=O)c1c(-c2ccc(Cl)cc2)csc1NC(=O)C1CCCC1. The third kappa shape index (κ3) is 4.05. The maximum atomic E-state index is 12.5. The van der Waals surface area contributed by atoms with Crippen molar-refractivity contribution in [3.8, 4) is 11.1 Å². The molecule has 2 aromatic rings. The first-order chi connectivity index (χ1) is 12.1. The van der Waals surface area contributed by atoms with Gasteiger partial charge >= 0.3 is 5.97 Å². The molecular formula is C19H20ClNO3S. The summed E-state index contributed by atoms with van der Waals surface area (Å²) in [5.74, 6) is -0.390. The van der Waals surface area contributed by atoms with Crippen LogP contribution in [0.15, 0.2) is 29.6 Å². The van der Waals surface area contributed by atoms with Crippen LogP contribution in [0.1, 0.15) is 43.0 Å². The fraction of sp³-hybridized carbons (Fsp3) is 0.368. The number of ether oxygens (including phenoxy) is 1. The summed E-state index contributed by atoms with van der Waals surface area (Å²) in [5.41, 5.74) is 2.03. The summed E-state index contributed by atoms with van der Waals surface area (Å²) in [6.07, 6.45) is 4.00. The van der Waals surface area contributed by atoms with Gasteiger partial charge in [-0.25, -0.2) is 4.79 Å². The molecule has 1 heterocycles. The first kappa shape index (κ1) is 18.0. The standard InChI is InChI=1S/C19H20ClNO3S/c1-2-24-19(23)16-15(12-7-9-14(20)10-8-12)11-25-18(16)21-17(22)13-5-3-4-6-13/h7-11,13H,2-6H2,1H3,(H,21,22). The molecule has 25 heavy (non-hydrogen) atoms. The molecule has 1 aromatic carbocycles. The lowest BCUT2D eigenvalue weighted by Gasteiger charge is -2.11. The second-order valence-electron chi connectivity index (χ2n) is 6.05. The molecule has 1 aliphatic carbocycles. The molecule has 1 N–H and O–H groups in total. The van der Waals surface area contributed by atoms with Crippen molar-refractivity contribution >= 4 is 39.8 Å². The predicted molar refractivity (Wildman–Crippen MR) is 101 cm³/mol. The molecule has 0 bridgehead atoms. The Morgan fingerprint density at radius 1 is 1.24 bits per heavy atom. The number of halogens is 1. The van der Waals surface area contributed by atoms with Crippen LogP contribution in [-0.4, -0.2) is 18.5 Å². The number of carbonyl (C=O) groups is 2. The average Bonchev–Trinajstić information content (AvgIpc) is 3.25. The zero-order valence-electron chi connectivity index (χ0n) is 14.0. The van der Waals surface area contributed by atoms with E-state index >= 15 is 0 Å². The van der Waals surface area contributed by atoms with Crippen molar-refractivity contribution in [1.29, 1.82) is 0 Å². The van der Waals surface area contributed by atoms with E-state index in [0.29, 0.717) is 15.6 Å². The number of nitrogens with one attached hydrogen (secondary N) is 1. The van der Waals surface area contributed by atoms with Gasteiger partial charge in [0.2, 0.25) is 5.91 Å². The normalized spacial score (nSPS) is 14.5. The molecule has 0 radical (unpaired) electrons. The van der Waals surface area contributed by atoms with Crippen LogP contribution in [0.4, 0.5) is 5.00 Å². The largest absolute Gasteiger partial charge is 0.462 e. The van der Waals surface area contributed by atoms with Gasteiger partial charge in [-0.05, 0) is 37.5 Å². The van der Waals surface area contributed by atoms with Gasteiger partial charge in [0.25, 0.3) is 0 Å². The average molecular weight is 378 g/mol. The van der Waals surface area contributed by atoms with Gasteiger partial charge in [0.1, 0.15) is 10.6 Å². The Kier molecular flexibility index (Phi) is 5.76. The topological polar surface area (TPSA) is 55.4 Å². The van der Waals surface area contributed by atoms with E-state index in [9.17, 15) is 9.59 Å². The minimum atomic E-state index is -0.421.